The zero-order valence-corrected chi connectivity index (χ0v) is 11.7. The summed E-state index contributed by atoms with van der Waals surface area (Å²) in [6.45, 7) is 3.49. The molecule has 0 aromatic carbocycles. The average Bonchev–Trinajstić information content (AvgIpc) is 2.61. The summed E-state index contributed by atoms with van der Waals surface area (Å²) in [4.78, 5) is 12.5. The summed E-state index contributed by atoms with van der Waals surface area (Å²) < 4.78 is 19.3. The van der Waals surface area contributed by atoms with Gasteiger partial charge in [-0.2, -0.15) is 0 Å². The van der Waals surface area contributed by atoms with Crippen molar-refractivity contribution in [3.63, 3.8) is 0 Å². The number of amides is 2. The van der Waals surface area contributed by atoms with Gasteiger partial charge in [-0.3, -0.25) is 4.90 Å². The Morgan fingerprint density at radius 1 is 1.52 bits per heavy atom. The van der Waals surface area contributed by atoms with Gasteiger partial charge < -0.3 is 25.4 Å². The molecule has 11 heteroatoms. The van der Waals surface area contributed by atoms with Crippen LogP contribution in [0.1, 0.15) is 0 Å². The van der Waals surface area contributed by atoms with Crippen molar-refractivity contribution in [1.29, 1.82) is 0 Å². The standard InChI is InChI=1S/C12H10B3FN2O5/c1-3-6-4-18(9(21)17-5(6)2)11(13)8(20)7(19)10(16,23-11)12(14,15)22/h1,4,7-8,19-20,22H,2H2,(H,17,21)/t7-,8+,10-,11-/m0/s1. The number of nitrogens with zero attached hydrogens (tertiary/aromatic N) is 1. The highest BCUT2D eigenvalue weighted by Crippen LogP contribution is 2.44. The molecule has 23 heavy (non-hydrogen) atoms. The van der Waals surface area contributed by atoms with Crippen LogP contribution in [0.15, 0.2) is 24.0 Å². The highest BCUT2D eigenvalue weighted by atomic mass is 19.2. The summed E-state index contributed by atoms with van der Waals surface area (Å²) in [7, 11) is 15.7. The zero-order chi connectivity index (χ0) is 17.8. The molecule has 2 amide bonds. The van der Waals surface area contributed by atoms with Crippen LogP contribution >= 0.6 is 0 Å². The van der Waals surface area contributed by atoms with Crippen molar-refractivity contribution < 1.29 is 29.2 Å². The number of alkyl halides is 1. The van der Waals surface area contributed by atoms with Gasteiger partial charge in [-0.1, -0.05) is 12.5 Å². The van der Waals surface area contributed by atoms with Crippen LogP contribution in [0, 0.1) is 12.3 Å². The largest absolute Gasteiger partial charge is 0.403 e. The van der Waals surface area contributed by atoms with E-state index in [-0.39, 0.29) is 11.3 Å². The van der Waals surface area contributed by atoms with Crippen LogP contribution in [0.25, 0.3) is 0 Å². The first-order chi connectivity index (χ1) is 10.4. The fraction of sp³-hybridized carbons (Fsp3) is 0.417. The molecule has 0 saturated carbocycles. The van der Waals surface area contributed by atoms with Gasteiger partial charge in [0.25, 0.3) is 5.85 Å². The van der Waals surface area contributed by atoms with Gasteiger partial charge in [0.1, 0.15) is 41.4 Å². The summed E-state index contributed by atoms with van der Waals surface area (Å²) >= 11 is 0. The number of halogens is 1. The molecule has 2 aliphatic rings. The van der Waals surface area contributed by atoms with Crippen molar-refractivity contribution in [3.05, 3.63) is 24.0 Å². The molecule has 4 atom stereocenters. The second kappa shape index (κ2) is 5.14. The summed E-state index contributed by atoms with van der Waals surface area (Å²) in [5, 5.41) is 28.3. The minimum Gasteiger partial charge on any atom is -0.403 e. The maximum absolute atomic E-state index is 14.6. The molecular weight excluding hydrogens is 304 g/mol. The Morgan fingerprint density at radius 3 is 2.52 bits per heavy atom. The maximum atomic E-state index is 14.6. The van der Waals surface area contributed by atoms with Gasteiger partial charge in [-0.05, 0) is 0 Å². The van der Waals surface area contributed by atoms with E-state index in [4.69, 9.17) is 34.7 Å². The van der Waals surface area contributed by atoms with Gasteiger partial charge in [0.15, 0.2) is 0 Å². The third-order valence-corrected chi connectivity index (χ3v) is 3.55. The second-order valence-corrected chi connectivity index (χ2v) is 5.18. The number of ether oxygens (including phenoxy) is 1. The average molecular weight is 314 g/mol. The van der Waals surface area contributed by atoms with E-state index in [9.17, 15) is 24.5 Å². The zero-order valence-electron chi connectivity index (χ0n) is 11.7. The molecule has 0 bridgehead atoms. The van der Waals surface area contributed by atoms with E-state index in [0.717, 1.165) is 6.20 Å². The molecule has 114 valence electrons. The van der Waals surface area contributed by atoms with Gasteiger partial charge in [0.05, 0.1) is 11.3 Å². The molecular formula is C12H10B3FN2O5. The number of allylic oxidation sites excluding steroid dienone is 1. The van der Waals surface area contributed by atoms with Crippen LogP contribution in [-0.2, 0) is 4.74 Å². The predicted molar refractivity (Wildman–Crippen MR) is 78.3 cm³/mol. The van der Waals surface area contributed by atoms with E-state index in [0.29, 0.717) is 4.90 Å². The summed E-state index contributed by atoms with van der Waals surface area (Å²) in [6, 6.07) is -0.982. The molecule has 7 nitrogen and oxygen atoms in total. The van der Waals surface area contributed by atoms with Crippen molar-refractivity contribution in [2.24, 2.45) is 0 Å². The number of carbonyl (C=O) groups excluding carboxylic acids is 1. The lowest BCUT2D eigenvalue weighted by Crippen LogP contribution is -2.61. The Balaban J connectivity index is 2.51. The summed E-state index contributed by atoms with van der Waals surface area (Å²) in [5.41, 5.74) is -2.55. The first-order valence-corrected chi connectivity index (χ1v) is 6.20. The van der Waals surface area contributed by atoms with E-state index in [1.807, 2.05) is 0 Å². The van der Waals surface area contributed by atoms with Crippen molar-refractivity contribution in [1.82, 2.24) is 10.2 Å². The van der Waals surface area contributed by atoms with Crippen molar-refractivity contribution in [2.75, 3.05) is 0 Å². The van der Waals surface area contributed by atoms with Crippen LogP contribution in [0.2, 0.25) is 0 Å². The van der Waals surface area contributed by atoms with E-state index in [1.54, 1.807) is 0 Å². The lowest BCUT2D eigenvalue weighted by Gasteiger charge is -2.42. The molecule has 0 spiro atoms. The topological polar surface area (TPSA) is 102 Å². The van der Waals surface area contributed by atoms with Gasteiger partial charge in [-0.15, -0.1) is 6.42 Å². The van der Waals surface area contributed by atoms with E-state index >= 15 is 0 Å². The van der Waals surface area contributed by atoms with Crippen LogP contribution in [0.4, 0.5) is 9.18 Å². The molecule has 0 aromatic rings. The van der Waals surface area contributed by atoms with E-state index in [2.05, 4.69) is 17.8 Å². The number of hydrogen-bond acceptors (Lipinski definition) is 5. The Morgan fingerprint density at radius 2 is 2.09 bits per heavy atom. The molecule has 0 aliphatic carbocycles. The number of carbonyl (C=O) groups is 1. The number of hydrogen-bond donors (Lipinski definition) is 4. The first kappa shape index (κ1) is 17.6. The van der Waals surface area contributed by atoms with Crippen LogP contribution in [0.5, 0.6) is 0 Å². The molecule has 2 heterocycles. The van der Waals surface area contributed by atoms with Crippen molar-refractivity contribution in [2.45, 2.75) is 29.1 Å². The molecule has 4 N–H and O–H groups in total. The van der Waals surface area contributed by atoms with Crippen LogP contribution < -0.4 is 5.32 Å². The molecule has 0 aromatic heterocycles. The molecule has 0 unspecified atom stereocenters. The molecule has 2 rings (SSSR count). The van der Waals surface area contributed by atoms with Gasteiger partial charge >= 0.3 is 6.03 Å². The third kappa shape index (κ3) is 2.39. The monoisotopic (exact) mass is 314 g/mol. The first-order valence-electron chi connectivity index (χ1n) is 6.20. The number of urea groups is 1. The fourth-order valence-electron chi connectivity index (χ4n) is 2.20. The smallest absolute Gasteiger partial charge is 0.327 e. The SMILES string of the molecule is [B]C([B])(O)[C@@]1(F)O[C@@]([B])(N2C=C(C#C)C(=C)NC2=O)[C@H](O)[C@@H]1O. The number of rotatable bonds is 2. The number of aliphatic hydroxyl groups is 3. The Bertz CT molecular complexity index is 646. The van der Waals surface area contributed by atoms with E-state index < -0.39 is 35.1 Å². The number of terminal acetylenes is 1. The van der Waals surface area contributed by atoms with Crippen LogP contribution in [0.3, 0.4) is 0 Å². The van der Waals surface area contributed by atoms with Gasteiger partial charge in [0, 0.05) is 11.6 Å². The minimum absolute atomic E-state index is 0.0480. The van der Waals surface area contributed by atoms with Crippen LogP contribution in [-0.4, -0.2) is 78.9 Å². The van der Waals surface area contributed by atoms with Crippen molar-refractivity contribution in [3.8, 4) is 12.3 Å². The van der Waals surface area contributed by atoms with Crippen molar-refractivity contribution >= 4 is 29.6 Å². The minimum atomic E-state index is -3.57. The lowest BCUT2D eigenvalue weighted by molar-refractivity contribution is -0.242. The molecule has 2 aliphatic heterocycles. The molecule has 1 saturated heterocycles. The summed E-state index contributed by atoms with van der Waals surface area (Å²) in [5.74, 6) is -1.39. The highest BCUT2D eigenvalue weighted by Gasteiger charge is 2.68. The molecule has 1 fully saturated rings. The molecule has 6 radical (unpaired) electrons. The van der Waals surface area contributed by atoms with Gasteiger partial charge in [0.2, 0.25) is 0 Å². The number of aliphatic hydroxyl groups excluding tert-OH is 2. The number of nitrogens with one attached hydrogen (secondary N) is 1. The lowest BCUT2D eigenvalue weighted by atomic mass is 9.59. The Kier molecular flexibility index (Phi) is 3.94. The Labute approximate surface area is 135 Å². The predicted octanol–water partition coefficient (Wildman–Crippen LogP) is -2.73. The Hall–Kier alpha value is -1.73. The quantitative estimate of drug-likeness (QED) is 0.327. The fourth-order valence-corrected chi connectivity index (χ4v) is 2.20. The van der Waals surface area contributed by atoms with E-state index in [1.165, 1.54) is 0 Å². The second-order valence-electron chi connectivity index (χ2n) is 5.18. The third-order valence-electron chi connectivity index (χ3n) is 3.55. The highest BCUT2D eigenvalue weighted by molar-refractivity contribution is 6.39. The maximum Gasteiger partial charge on any atom is 0.327 e. The van der Waals surface area contributed by atoms with Gasteiger partial charge in [-0.25, -0.2) is 9.18 Å². The normalized spacial score (nSPS) is 38.0. The summed E-state index contributed by atoms with van der Waals surface area (Å²) in [6.07, 6.45) is 1.49.